The molecular formula is C28H27N3O2. The zero-order valence-corrected chi connectivity index (χ0v) is 18.7. The number of carbonyl (C=O) groups excluding carboxylic acids is 2. The summed E-state index contributed by atoms with van der Waals surface area (Å²) in [5.41, 5.74) is 4.57. The van der Waals surface area contributed by atoms with Crippen LogP contribution in [0.15, 0.2) is 84.9 Å². The fourth-order valence-corrected chi connectivity index (χ4v) is 4.89. The molecule has 1 saturated heterocycles. The van der Waals surface area contributed by atoms with Crippen LogP contribution in [0.4, 0.5) is 0 Å². The number of ketones is 1. The van der Waals surface area contributed by atoms with Crippen LogP contribution in [-0.2, 0) is 4.79 Å². The van der Waals surface area contributed by atoms with Crippen molar-refractivity contribution in [2.75, 3.05) is 26.2 Å². The molecule has 5 rings (SSSR count). The average Bonchev–Trinajstić information content (AvgIpc) is 3.21. The van der Waals surface area contributed by atoms with Gasteiger partial charge in [-0.05, 0) is 24.1 Å². The molecule has 0 unspecified atom stereocenters. The van der Waals surface area contributed by atoms with Crippen LogP contribution in [0.25, 0.3) is 10.9 Å². The Morgan fingerprint density at radius 3 is 1.91 bits per heavy atom. The first-order valence-electron chi connectivity index (χ1n) is 11.4. The summed E-state index contributed by atoms with van der Waals surface area (Å²) in [6.07, 6.45) is 0. The number of hydrogen-bond donors (Lipinski definition) is 1. The number of fused-ring (bicyclic) bond motifs is 1. The lowest BCUT2D eigenvalue weighted by Crippen LogP contribution is -2.51. The molecule has 1 aromatic heterocycles. The van der Waals surface area contributed by atoms with Crippen molar-refractivity contribution in [1.29, 1.82) is 0 Å². The standard InChI is InChI=1S/C28H27N3O2/c1-20-25(23-14-8-9-15-24(23)29-20)27(32)28(33)31-18-16-30(17-19-31)26(21-10-4-2-5-11-21)22-12-6-3-7-13-22/h2-15,26,29H,16-19H2,1H3. The van der Waals surface area contributed by atoms with Crippen molar-refractivity contribution >= 4 is 22.6 Å². The highest BCUT2D eigenvalue weighted by molar-refractivity contribution is 6.45. The van der Waals surface area contributed by atoms with Crippen molar-refractivity contribution < 1.29 is 9.59 Å². The molecule has 1 fully saturated rings. The van der Waals surface area contributed by atoms with E-state index in [4.69, 9.17) is 0 Å². The molecular weight excluding hydrogens is 410 g/mol. The number of aromatic amines is 1. The first-order valence-corrected chi connectivity index (χ1v) is 11.4. The Morgan fingerprint density at radius 2 is 1.30 bits per heavy atom. The maximum absolute atomic E-state index is 13.2. The van der Waals surface area contributed by atoms with E-state index in [-0.39, 0.29) is 6.04 Å². The molecule has 0 saturated carbocycles. The number of piperazine rings is 1. The number of H-pyrrole nitrogens is 1. The lowest BCUT2D eigenvalue weighted by molar-refractivity contribution is -0.128. The first kappa shape index (κ1) is 21.2. The van der Waals surface area contributed by atoms with E-state index >= 15 is 0 Å². The van der Waals surface area contributed by atoms with Gasteiger partial charge in [0.25, 0.3) is 11.7 Å². The van der Waals surface area contributed by atoms with Gasteiger partial charge >= 0.3 is 0 Å². The SMILES string of the molecule is Cc1[nH]c2ccccc2c1C(=O)C(=O)N1CCN(C(c2ccccc2)c2ccccc2)CC1. The van der Waals surface area contributed by atoms with Gasteiger partial charge in [0, 0.05) is 42.8 Å². The summed E-state index contributed by atoms with van der Waals surface area (Å²) in [6.45, 7) is 4.33. The number of hydrogen-bond acceptors (Lipinski definition) is 3. The molecule has 2 heterocycles. The minimum atomic E-state index is -0.430. The molecule has 0 bridgehead atoms. The van der Waals surface area contributed by atoms with E-state index in [0.29, 0.717) is 31.7 Å². The number of benzene rings is 3. The number of para-hydroxylation sites is 1. The summed E-state index contributed by atoms with van der Waals surface area (Å²) in [5, 5.41) is 0.806. The number of carbonyl (C=O) groups is 2. The van der Waals surface area contributed by atoms with E-state index in [1.165, 1.54) is 11.1 Å². The topological polar surface area (TPSA) is 56.4 Å². The van der Waals surface area contributed by atoms with Crippen LogP contribution >= 0.6 is 0 Å². The van der Waals surface area contributed by atoms with Gasteiger partial charge in [0.15, 0.2) is 0 Å². The lowest BCUT2D eigenvalue weighted by Gasteiger charge is -2.39. The van der Waals surface area contributed by atoms with Crippen molar-refractivity contribution in [2.24, 2.45) is 0 Å². The molecule has 1 N–H and O–H groups in total. The average molecular weight is 438 g/mol. The second kappa shape index (κ2) is 9.04. The number of amides is 1. The Hall–Kier alpha value is -3.70. The second-order valence-corrected chi connectivity index (χ2v) is 8.55. The Balaban J connectivity index is 1.34. The fraction of sp³-hybridized carbons (Fsp3) is 0.214. The van der Waals surface area contributed by atoms with Crippen molar-refractivity contribution in [1.82, 2.24) is 14.8 Å². The molecule has 0 spiro atoms. The van der Waals surface area contributed by atoms with Crippen molar-refractivity contribution in [3.63, 3.8) is 0 Å². The van der Waals surface area contributed by atoms with Gasteiger partial charge in [-0.25, -0.2) is 0 Å². The molecule has 4 aromatic rings. The quantitative estimate of drug-likeness (QED) is 0.367. The van der Waals surface area contributed by atoms with Crippen LogP contribution in [0.3, 0.4) is 0 Å². The van der Waals surface area contributed by atoms with Gasteiger partial charge < -0.3 is 9.88 Å². The zero-order chi connectivity index (χ0) is 22.8. The Kier molecular flexibility index (Phi) is 5.80. The summed E-state index contributed by atoms with van der Waals surface area (Å²) < 4.78 is 0. The van der Waals surface area contributed by atoms with Crippen molar-refractivity contribution in [3.05, 3.63) is 107 Å². The summed E-state index contributed by atoms with van der Waals surface area (Å²) in [6, 6.07) is 28.7. The Morgan fingerprint density at radius 1 is 0.758 bits per heavy atom. The number of aromatic nitrogens is 1. The third kappa shape index (κ3) is 4.08. The highest BCUT2D eigenvalue weighted by Crippen LogP contribution is 2.30. The van der Waals surface area contributed by atoms with E-state index in [1.54, 1.807) is 4.90 Å². The predicted octanol–water partition coefficient (Wildman–Crippen LogP) is 4.59. The highest BCUT2D eigenvalue weighted by Gasteiger charge is 2.32. The van der Waals surface area contributed by atoms with E-state index < -0.39 is 11.7 Å². The van der Waals surface area contributed by atoms with Crippen LogP contribution in [-0.4, -0.2) is 52.7 Å². The maximum atomic E-state index is 13.2. The Labute approximate surface area is 193 Å². The zero-order valence-electron chi connectivity index (χ0n) is 18.7. The molecule has 0 radical (unpaired) electrons. The molecule has 5 heteroatoms. The van der Waals surface area contributed by atoms with Gasteiger partial charge in [0.05, 0.1) is 11.6 Å². The van der Waals surface area contributed by atoms with Gasteiger partial charge in [-0.1, -0.05) is 78.9 Å². The molecule has 1 aliphatic rings. The normalized spacial score (nSPS) is 14.7. The molecule has 33 heavy (non-hydrogen) atoms. The van der Waals surface area contributed by atoms with Gasteiger partial charge in [-0.2, -0.15) is 0 Å². The number of aryl methyl sites for hydroxylation is 1. The number of rotatable bonds is 5. The molecule has 0 aliphatic carbocycles. The van der Waals surface area contributed by atoms with Gasteiger partial charge in [0.2, 0.25) is 0 Å². The van der Waals surface area contributed by atoms with E-state index in [1.807, 2.05) is 43.3 Å². The van der Waals surface area contributed by atoms with Crippen molar-refractivity contribution in [2.45, 2.75) is 13.0 Å². The van der Waals surface area contributed by atoms with Gasteiger partial charge in [0.1, 0.15) is 0 Å². The largest absolute Gasteiger partial charge is 0.358 e. The number of Topliss-reactive ketones (excluding diaryl/α,β-unsaturated/α-hetero) is 1. The smallest absolute Gasteiger partial charge is 0.295 e. The van der Waals surface area contributed by atoms with Gasteiger partial charge in [-0.3, -0.25) is 14.5 Å². The predicted molar refractivity (Wildman–Crippen MR) is 130 cm³/mol. The minimum absolute atomic E-state index is 0.121. The molecule has 1 amide bonds. The van der Waals surface area contributed by atoms with E-state index in [0.717, 1.165) is 16.6 Å². The summed E-state index contributed by atoms with van der Waals surface area (Å²) in [5.74, 6) is -0.848. The second-order valence-electron chi connectivity index (χ2n) is 8.55. The van der Waals surface area contributed by atoms with Gasteiger partial charge in [-0.15, -0.1) is 0 Å². The minimum Gasteiger partial charge on any atom is -0.358 e. The summed E-state index contributed by atoms with van der Waals surface area (Å²) in [7, 11) is 0. The Bertz CT molecular complexity index is 1230. The van der Waals surface area contributed by atoms with Crippen LogP contribution in [0.5, 0.6) is 0 Å². The molecule has 5 nitrogen and oxygen atoms in total. The monoisotopic (exact) mass is 437 g/mol. The summed E-state index contributed by atoms with van der Waals surface area (Å²) in [4.78, 5) is 33.7. The first-order chi connectivity index (χ1) is 16.1. The summed E-state index contributed by atoms with van der Waals surface area (Å²) >= 11 is 0. The van der Waals surface area contributed by atoms with E-state index in [2.05, 4.69) is 58.4 Å². The van der Waals surface area contributed by atoms with Crippen molar-refractivity contribution in [3.8, 4) is 0 Å². The van der Waals surface area contributed by atoms with Crippen LogP contribution in [0.2, 0.25) is 0 Å². The maximum Gasteiger partial charge on any atom is 0.295 e. The third-order valence-electron chi connectivity index (χ3n) is 6.51. The molecule has 1 aliphatic heterocycles. The van der Waals surface area contributed by atoms with E-state index in [9.17, 15) is 9.59 Å². The third-order valence-corrected chi connectivity index (χ3v) is 6.51. The molecule has 3 aromatic carbocycles. The van der Waals surface area contributed by atoms with Crippen LogP contribution in [0.1, 0.15) is 33.2 Å². The van der Waals surface area contributed by atoms with Crippen LogP contribution < -0.4 is 0 Å². The fourth-order valence-electron chi connectivity index (χ4n) is 4.89. The number of nitrogens with one attached hydrogen (secondary N) is 1. The highest BCUT2D eigenvalue weighted by atomic mass is 16.2. The molecule has 166 valence electrons. The molecule has 0 atom stereocenters. The van der Waals surface area contributed by atoms with Crippen LogP contribution in [0, 0.1) is 6.92 Å². The lowest BCUT2D eigenvalue weighted by atomic mass is 9.96. The number of nitrogens with zero attached hydrogens (tertiary/aromatic N) is 2.